The van der Waals surface area contributed by atoms with E-state index in [0.29, 0.717) is 41.3 Å². The van der Waals surface area contributed by atoms with Crippen molar-refractivity contribution >= 4 is 16.1 Å². The number of likely N-dealkylation sites (N-methyl/N-ethyl adjacent to an activating group) is 2. The van der Waals surface area contributed by atoms with Gasteiger partial charge in [-0.15, -0.1) is 0 Å². The summed E-state index contributed by atoms with van der Waals surface area (Å²) in [6.07, 6.45) is 3.08. The zero-order valence-corrected chi connectivity index (χ0v) is 33.9. The molecule has 2 atom stereocenters. The Morgan fingerprint density at radius 1 is 0.724 bits per heavy atom. The van der Waals surface area contributed by atoms with Crippen molar-refractivity contribution in [2.45, 2.75) is 49.1 Å². The maximum atomic E-state index is 13.9. The van der Waals surface area contributed by atoms with Crippen LogP contribution in [-0.2, 0) is 35.8 Å². The van der Waals surface area contributed by atoms with Crippen molar-refractivity contribution in [2.24, 2.45) is 0 Å². The van der Waals surface area contributed by atoms with Crippen molar-refractivity contribution < 1.29 is 46.2 Å². The highest BCUT2D eigenvalue weighted by Gasteiger charge is 2.37. The van der Waals surface area contributed by atoms with Crippen molar-refractivity contribution in [1.29, 1.82) is 0 Å². The second-order valence-corrected chi connectivity index (χ2v) is 16.3. The van der Waals surface area contributed by atoms with Crippen LogP contribution in [0.3, 0.4) is 0 Å². The fraction of sp³-hybridized carbons (Fsp3) is 0.311. The van der Waals surface area contributed by atoms with Crippen LogP contribution in [0.1, 0.15) is 62.2 Å². The predicted molar refractivity (Wildman–Crippen MR) is 217 cm³/mol. The molecule has 5 aromatic carbocycles. The average Bonchev–Trinajstić information content (AvgIpc) is 3.22. The number of benzene rings is 5. The third kappa shape index (κ3) is 7.58. The summed E-state index contributed by atoms with van der Waals surface area (Å²) >= 11 is 0. The molecule has 13 heteroatoms. The Kier molecular flexibility index (Phi) is 10.8. The van der Waals surface area contributed by atoms with Crippen LogP contribution in [0.25, 0.3) is 0 Å². The number of rotatable bonds is 6. The van der Waals surface area contributed by atoms with E-state index in [9.17, 15) is 17.8 Å². The molecule has 0 radical (unpaired) electrons. The van der Waals surface area contributed by atoms with Crippen LogP contribution in [0.2, 0.25) is 0 Å². The lowest BCUT2D eigenvalue weighted by atomic mass is 9.87. The highest BCUT2D eigenvalue weighted by atomic mass is 32.2. The molecule has 4 aliphatic heterocycles. The van der Waals surface area contributed by atoms with E-state index in [1.54, 1.807) is 37.4 Å². The van der Waals surface area contributed by atoms with Gasteiger partial charge < -0.3 is 28.4 Å². The summed E-state index contributed by atoms with van der Waals surface area (Å²) in [7, 11) is 3.84. The van der Waals surface area contributed by atoms with Gasteiger partial charge >= 0.3 is 5.97 Å². The van der Waals surface area contributed by atoms with Gasteiger partial charge in [-0.25, -0.2) is 4.79 Å². The number of aryl methyl sites for hydroxylation is 1. The third-order valence-electron chi connectivity index (χ3n) is 11.5. The summed E-state index contributed by atoms with van der Waals surface area (Å²) in [5, 5.41) is 0. The predicted octanol–water partition coefficient (Wildman–Crippen LogP) is 8.01. The lowest BCUT2D eigenvalue weighted by Gasteiger charge is -2.37. The highest BCUT2D eigenvalue weighted by Crippen LogP contribution is 2.52. The first-order chi connectivity index (χ1) is 27.9. The number of nitrogens with zero attached hydrogens (tertiary/aromatic N) is 2. The van der Waals surface area contributed by atoms with E-state index in [2.05, 4.69) is 16.8 Å². The summed E-state index contributed by atoms with van der Waals surface area (Å²) in [5.41, 5.74) is 5.51. The first-order valence-electron chi connectivity index (χ1n) is 19.2. The van der Waals surface area contributed by atoms with Gasteiger partial charge in [-0.3, -0.25) is 14.4 Å². The average molecular weight is 807 g/mol. The monoisotopic (exact) mass is 806 g/mol. The molecule has 0 aliphatic carbocycles. The lowest BCUT2D eigenvalue weighted by molar-refractivity contribution is 0.0724. The van der Waals surface area contributed by atoms with Crippen LogP contribution in [0, 0.1) is 0 Å². The fourth-order valence-corrected chi connectivity index (χ4v) is 9.13. The van der Waals surface area contributed by atoms with E-state index >= 15 is 0 Å². The smallest absolute Gasteiger partial charge is 0.343 e. The largest absolute Gasteiger partial charge is 0.493 e. The molecule has 6 bridgehead atoms. The van der Waals surface area contributed by atoms with Gasteiger partial charge in [0, 0.05) is 36.8 Å². The quantitative estimate of drug-likeness (QED) is 0.101. The molecule has 0 aromatic heterocycles. The van der Waals surface area contributed by atoms with Crippen LogP contribution in [0.5, 0.6) is 46.0 Å². The molecule has 58 heavy (non-hydrogen) atoms. The molecule has 0 amide bonds. The van der Waals surface area contributed by atoms with E-state index in [0.717, 1.165) is 48.1 Å². The van der Waals surface area contributed by atoms with E-state index in [1.165, 1.54) is 20.3 Å². The number of ether oxygens (including phenoxy) is 6. The summed E-state index contributed by atoms with van der Waals surface area (Å²) < 4.78 is 74.0. The highest BCUT2D eigenvalue weighted by molar-refractivity contribution is 7.85. The van der Waals surface area contributed by atoms with Gasteiger partial charge in [0.1, 0.15) is 10.6 Å². The van der Waals surface area contributed by atoms with Gasteiger partial charge in [0.25, 0.3) is 10.1 Å². The Morgan fingerprint density at radius 3 is 2.05 bits per heavy atom. The first kappa shape index (κ1) is 39.2. The van der Waals surface area contributed by atoms with Crippen molar-refractivity contribution in [2.75, 3.05) is 48.5 Å². The van der Waals surface area contributed by atoms with Gasteiger partial charge in [-0.05, 0) is 123 Å². The van der Waals surface area contributed by atoms with Gasteiger partial charge in [0.15, 0.2) is 34.5 Å². The molecule has 9 rings (SSSR count). The summed E-state index contributed by atoms with van der Waals surface area (Å²) in [4.78, 5) is 18.0. The minimum absolute atomic E-state index is 0.0602. The standard InChI is InChI=1S/C45H46N2O10S/c1-46-19-17-29-22-36(52-3)39-25-33(29)34(46)16-13-27-11-14-32(15-12-27)55-38-24-31(41(58(49,50)51)26-37(38)53-4)21-35-42-30(18-20-47(35)2)23-40(54-5)43(44(42)56-39)57-45(48)28-9-7-6-8-10-28/h6-12,14-15,22-26,34-35H,13,16-21H2,1-5H3,(H,49,50,51)/t34-,35-/m0/s1. The Labute approximate surface area is 338 Å². The first-order valence-corrected chi connectivity index (χ1v) is 20.6. The van der Waals surface area contributed by atoms with Crippen molar-refractivity contribution in [3.63, 3.8) is 0 Å². The molecule has 0 unspecified atom stereocenters. The number of hydrogen-bond donors (Lipinski definition) is 1. The molecular weight excluding hydrogens is 761 g/mol. The molecule has 1 N–H and O–H groups in total. The Bertz CT molecular complexity index is 2470. The van der Waals surface area contributed by atoms with Crippen LogP contribution in [-0.4, -0.2) is 77.3 Å². The molecule has 0 saturated carbocycles. The van der Waals surface area contributed by atoms with Gasteiger partial charge in [0.05, 0.1) is 26.9 Å². The molecule has 0 fully saturated rings. The van der Waals surface area contributed by atoms with E-state index < -0.39 is 22.1 Å². The maximum Gasteiger partial charge on any atom is 0.343 e. The second kappa shape index (κ2) is 16.0. The topological polar surface area (TPSA) is 133 Å². The maximum absolute atomic E-state index is 13.9. The van der Waals surface area contributed by atoms with E-state index in [1.807, 2.05) is 55.6 Å². The summed E-state index contributed by atoms with van der Waals surface area (Å²) in [6, 6.07) is 24.8. The molecule has 12 nitrogen and oxygen atoms in total. The van der Waals surface area contributed by atoms with E-state index in [-0.39, 0.29) is 51.7 Å². The number of hydrogen-bond acceptors (Lipinski definition) is 11. The molecule has 4 heterocycles. The molecule has 302 valence electrons. The van der Waals surface area contributed by atoms with E-state index in [4.69, 9.17) is 28.4 Å². The lowest BCUT2D eigenvalue weighted by Crippen LogP contribution is -2.34. The number of carbonyl (C=O) groups is 1. The number of methoxy groups -OCH3 is 3. The normalized spacial score (nSPS) is 18.0. The van der Waals surface area contributed by atoms with Gasteiger partial charge in [-0.1, -0.05) is 30.3 Å². The molecule has 4 aliphatic rings. The Balaban J connectivity index is 1.39. The van der Waals surface area contributed by atoms with Crippen LogP contribution in [0.4, 0.5) is 0 Å². The van der Waals surface area contributed by atoms with Crippen LogP contribution < -0.4 is 28.4 Å². The van der Waals surface area contributed by atoms with Crippen LogP contribution in [0.15, 0.2) is 89.8 Å². The van der Waals surface area contributed by atoms with Crippen molar-refractivity contribution in [3.05, 3.63) is 124 Å². The fourth-order valence-electron chi connectivity index (χ4n) is 8.40. The SMILES string of the molecule is COc1cc(S(=O)(=O)O)c2cc1Oc1ccc(cc1)CC[C@H]1c3cc(c(OC)cc3CCN1C)Oc1c(OC(=O)c3ccccc3)c(OC)cc3c1[C@H](C2)N(C)CC3. The Hall–Kier alpha value is -5.60. The molecule has 0 spiro atoms. The summed E-state index contributed by atoms with van der Waals surface area (Å²) in [5.74, 6) is 1.83. The van der Waals surface area contributed by atoms with Crippen molar-refractivity contribution in [3.8, 4) is 46.0 Å². The third-order valence-corrected chi connectivity index (χ3v) is 12.4. The van der Waals surface area contributed by atoms with Gasteiger partial charge in [0.2, 0.25) is 5.75 Å². The van der Waals surface area contributed by atoms with Gasteiger partial charge in [-0.2, -0.15) is 8.42 Å². The number of fused-ring (bicyclic) bond motifs is 3. The molecule has 0 saturated heterocycles. The summed E-state index contributed by atoms with van der Waals surface area (Å²) in [6.45, 7) is 1.46. The second-order valence-electron chi connectivity index (χ2n) is 14.9. The van der Waals surface area contributed by atoms with Crippen molar-refractivity contribution in [1.82, 2.24) is 9.80 Å². The number of esters is 1. The minimum atomic E-state index is -4.75. The molecule has 5 aromatic rings. The Morgan fingerprint density at radius 2 is 1.36 bits per heavy atom. The zero-order valence-electron chi connectivity index (χ0n) is 33.1. The minimum Gasteiger partial charge on any atom is -0.493 e. The number of carbonyl (C=O) groups excluding carboxylic acids is 1. The zero-order chi connectivity index (χ0) is 40.7. The molecular formula is C45H46N2O10S. The van der Waals surface area contributed by atoms with Crippen LogP contribution >= 0.6 is 0 Å².